The lowest BCUT2D eigenvalue weighted by Crippen LogP contribution is -2.23. The summed E-state index contributed by atoms with van der Waals surface area (Å²) in [5.41, 5.74) is 11.3. The molecule has 0 amide bonds. The maximum absolute atomic E-state index is 6.28. The molecule has 2 aromatic rings. The third-order valence-corrected chi connectivity index (χ3v) is 4.01. The van der Waals surface area contributed by atoms with Gasteiger partial charge in [0.15, 0.2) is 0 Å². The molecule has 1 aromatic carbocycles. The third-order valence-electron chi connectivity index (χ3n) is 4.01. The Balaban J connectivity index is 1.82. The molecule has 108 valence electrons. The number of nitrogens with zero attached hydrogens (tertiary/aromatic N) is 2. The lowest BCUT2D eigenvalue weighted by Gasteiger charge is -2.12. The standard InChI is InChI=1S/C17H25N3/c1-13-17(14(2)20(3)19-13)12-16(18)11-7-10-15-8-5-4-6-9-15/h4-6,8-9,16H,7,10-12,18H2,1-3H3. The van der Waals surface area contributed by atoms with E-state index in [0.717, 1.165) is 31.4 Å². The second kappa shape index (κ2) is 6.71. The van der Waals surface area contributed by atoms with E-state index in [1.165, 1.54) is 16.8 Å². The average Bonchev–Trinajstić information content (AvgIpc) is 2.67. The van der Waals surface area contributed by atoms with E-state index in [1.54, 1.807) is 0 Å². The van der Waals surface area contributed by atoms with E-state index >= 15 is 0 Å². The van der Waals surface area contributed by atoms with Gasteiger partial charge in [-0.3, -0.25) is 4.68 Å². The molecular weight excluding hydrogens is 246 g/mol. The molecule has 20 heavy (non-hydrogen) atoms. The van der Waals surface area contributed by atoms with Gasteiger partial charge >= 0.3 is 0 Å². The normalized spacial score (nSPS) is 12.6. The van der Waals surface area contributed by atoms with Gasteiger partial charge in [-0.05, 0) is 50.7 Å². The van der Waals surface area contributed by atoms with Crippen LogP contribution in [-0.4, -0.2) is 15.8 Å². The zero-order valence-electron chi connectivity index (χ0n) is 12.8. The second-order valence-electron chi connectivity index (χ2n) is 5.62. The molecule has 1 heterocycles. The fourth-order valence-corrected chi connectivity index (χ4v) is 2.69. The van der Waals surface area contributed by atoms with Crippen LogP contribution in [0, 0.1) is 13.8 Å². The van der Waals surface area contributed by atoms with Crippen LogP contribution in [-0.2, 0) is 19.9 Å². The van der Waals surface area contributed by atoms with Crippen molar-refractivity contribution in [3.05, 3.63) is 52.8 Å². The smallest absolute Gasteiger partial charge is 0.0628 e. The maximum Gasteiger partial charge on any atom is 0.0628 e. The SMILES string of the molecule is Cc1nn(C)c(C)c1CC(N)CCCc1ccccc1. The van der Waals surface area contributed by atoms with Crippen LogP contribution in [0.25, 0.3) is 0 Å². The van der Waals surface area contributed by atoms with Gasteiger partial charge in [0.05, 0.1) is 5.69 Å². The van der Waals surface area contributed by atoms with Crippen LogP contribution in [0.15, 0.2) is 30.3 Å². The summed E-state index contributed by atoms with van der Waals surface area (Å²) in [7, 11) is 1.99. The first kappa shape index (κ1) is 14.8. The summed E-state index contributed by atoms with van der Waals surface area (Å²) in [6, 6.07) is 10.8. The van der Waals surface area contributed by atoms with Crippen LogP contribution < -0.4 is 5.73 Å². The van der Waals surface area contributed by atoms with E-state index in [-0.39, 0.29) is 6.04 Å². The predicted molar refractivity (Wildman–Crippen MR) is 83.7 cm³/mol. The van der Waals surface area contributed by atoms with E-state index in [4.69, 9.17) is 5.73 Å². The van der Waals surface area contributed by atoms with Crippen LogP contribution >= 0.6 is 0 Å². The summed E-state index contributed by atoms with van der Waals surface area (Å²) in [5, 5.41) is 4.45. The van der Waals surface area contributed by atoms with Crippen molar-refractivity contribution in [3.8, 4) is 0 Å². The number of aromatic nitrogens is 2. The van der Waals surface area contributed by atoms with Crippen LogP contribution in [0.3, 0.4) is 0 Å². The van der Waals surface area contributed by atoms with Gasteiger partial charge in [-0.15, -0.1) is 0 Å². The molecule has 3 nitrogen and oxygen atoms in total. The Morgan fingerprint density at radius 1 is 1.20 bits per heavy atom. The Kier molecular flexibility index (Phi) is 4.96. The molecule has 0 radical (unpaired) electrons. The quantitative estimate of drug-likeness (QED) is 0.878. The van der Waals surface area contributed by atoms with Crippen LogP contribution in [0.5, 0.6) is 0 Å². The monoisotopic (exact) mass is 271 g/mol. The summed E-state index contributed by atoms with van der Waals surface area (Å²) in [5.74, 6) is 0. The summed E-state index contributed by atoms with van der Waals surface area (Å²) >= 11 is 0. The number of hydrogen-bond acceptors (Lipinski definition) is 2. The van der Waals surface area contributed by atoms with E-state index in [0.29, 0.717) is 0 Å². The number of hydrogen-bond donors (Lipinski definition) is 1. The fourth-order valence-electron chi connectivity index (χ4n) is 2.69. The van der Waals surface area contributed by atoms with Crippen LogP contribution in [0.2, 0.25) is 0 Å². The molecule has 0 spiro atoms. The Morgan fingerprint density at radius 3 is 2.50 bits per heavy atom. The van der Waals surface area contributed by atoms with E-state index in [9.17, 15) is 0 Å². The highest BCUT2D eigenvalue weighted by Crippen LogP contribution is 2.16. The molecule has 0 fully saturated rings. The maximum atomic E-state index is 6.28. The van der Waals surface area contributed by atoms with Gasteiger partial charge in [-0.25, -0.2) is 0 Å². The Morgan fingerprint density at radius 2 is 1.90 bits per heavy atom. The van der Waals surface area contributed by atoms with E-state index < -0.39 is 0 Å². The highest BCUT2D eigenvalue weighted by atomic mass is 15.3. The minimum Gasteiger partial charge on any atom is -0.327 e. The van der Waals surface area contributed by atoms with Gasteiger partial charge in [0.1, 0.15) is 0 Å². The minimum absolute atomic E-state index is 0.223. The zero-order chi connectivity index (χ0) is 14.5. The first-order valence-electron chi connectivity index (χ1n) is 7.36. The molecule has 0 aliphatic rings. The average molecular weight is 271 g/mol. The van der Waals surface area contributed by atoms with Crippen molar-refractivity contribution in [1.82, 2.24) is 9.78 Å². The van der Waals surface area contributed by atoms with Crippen molar-refractivity contribution in [2.24, 2.45) is 12.8 Å². The molecule has 1 unspecified atom stereocenters. The highest BCUT2D eigenvalue weighted by Gasteiger charge is 2.13. The summed E-state index contributed by atoms with van der Waals surface area (Å²) in [6.07, 6.45) is 4.24. The van der Waals surface area contributed by atoms with Crippen molar-refractivity contribution < 1.29 is 0 Å². The molecule has 0 aliphatic carbocycles. The fraction of sp³-hybridized carbons (Fsp3) is 0.471. The van der Waals surface area contributed by atoms with Crippen molar-refractivity contribution in [1.29, 1.82) is 0 Å². The molecule has 0 aliphatic heterocycles. The van der Waals surface area contributed by atoms with Gasteiger partial charge in [-0.1, -0.05) is 30.3 Å². The van der Waals surface area contributed by atoms with Crippen molar-refractivity contribution >= 4 is 0 Å². The van der Waals surface area contributed by atoms with Crippen molar-refractivity contribution in [2.75, 3.05) is 0 Å². The van der Waals surface area contributed by atoms with Gasteiger partial charge in [0.2, 0.25) is 0 Å². The van der Waals surface area contributed by atoms with E-state index in [2.05, 4.69) is 49.3 Å². The van der Waals surface area contributed by atoms with Crippen LogP contribution in [0.1, 0.15) is 35.4 Å². The zero-order valence-corrected chi connectivity index (χ0v) is 12.8. The molecule has 2 N–H and O–H groups in total. The predicted octanol–water partition coefficient (Wildman–Crippen LogP) is 2.93. The molecule has 3 heteroatoms. The molecule has 0 bridgehead atoms. The Bertz CT molecular complexity index is 543. The minimum atomic E-state index is 0.223. The Hall–Kier alpha value is -1.61. The summed E-state index contributed by atoms with van der Waals surface area (Å²) in [4.78, 5) is 0. The molecule has 0 saturated carbocycles. The van der Waals surface area contributed by atoms with Gasteiger partial charge in [0, 0.05) is 18.8 Å². The van der Waals surface area contributed by atoms with Gasteiger partial charge < -0.3 is 5.73 Å². The van der Waals surface area contributed by atoms with Crippen molar-refractivity contribution in [2.45, 2.75) is 45.6 Å². The second-order valence-corrected chi connectivity index (χ2v) is 5.62. The number of nitrogens with two attached hydrogens (primary N) is 1. The summed E-state index contributed by atoms with van der Waals surface area (Å²) < 4.78 is 1.95. The molecular formula is C17H25N3. The molecule has 1 aromatic heterocycles. The largest absolute Gasteiger partial charge is 0.327 e. The number of benzene rings is 1. The van der Waals surface area contributed by atoms with E-state index in [1.807, 2.05) is 11.7 Å². The Labute approximate surface area is 121 Å². The first-order chi connectivity index (χ1) is 9.58. The lowest BCUT2D eigenvalue weighted by atomic mass is 9.99. The third kappa shape index (κ3) is 3.70. The molecule has 0 saturated heterocycles. The number of rotatable bonds is 6. The van der Waals surface area contributed by atoms with Crippen LogP contribution in [0.4, 0.5) is 0 Å². The number of aryl methyl sites for hydroxylation is 3. The lowest BCUT2D eigenvalue weighted by molar-refractivity contribution is 0.577. The molecule has 2 rings (SSSR count). The summed E-state index contributed by atoms with van der Waals surface area (Å²) in [6.45, 7) is 4.19. The first-order valence-corrected chi connectivity index (χ1v) is 7.36. The van der Waals surface area contributed by atoms with Gasteiger partial charge in [-0.2, -0.15) is 5.10 Å². The highest BCUT2D eigenvalue weighted by molar-refractivity contribution is 5.25. The van der Waals surface area contributed by atoms with Gasteiger partial charge in [0.25, 0.3) is 0 Å². The van der Waals surface area contributed by atoms with Crippen molar-refractivity contribution in [3.63, 3.8) is 0 Å². The topological polar surface area (TPSA) is 43.8 Å². The molecule has 1 atom stereocenters.